The Labute approximate surface area is 874 Å². The van der Waals surface area contributed by atoms with E-state index in [0.29, 0.717) is 112 Å². The number of nitrogens with two attached hydrogens (primary N) is 1. The van der Waals surface area contributed by atoms with Crippen LogP contribution in [0.15, 0.2) is 213 Å². The minimum atomic E-state index is -0.612. The number of hydrogen-bond donors (Lipinski definition) is 10. The van der Waals surface area contributed by atoms with Crippen molar-refractivity contribution in [3.05, 3.63) is 281 Å². The van der Waals surface area contributed by atoms with Crippen LogP contribution >= 0.6 is 90.7 Å². The predicted molar refractivity (Wildman–Crippen MR) is 577 cm³/mol. The van der Waals surface area contributed by atoms with Gasteiger partial charge in [0.2, 0.25) is 11.8 Å². The zero-order valence-electron chi connectivity index (χ0n) is 80.5. The van der Waals surface area contributed by atoms with Gasteiger partial charge in [-0.2, -0.15) is 45.3 Å². The van der Waals surface area contributed by atoms with Crippen LogP contribution in [-0.2, 0) is 54.7 Å². The number of pyridine rings is 4. The molecule has 37 nitrogen and oxygen atoms in total. The molecule has 148 heavy (non-hydrogen) atoms. The monoisotopic (exact) mass is 2140 g/mol. The summed E-state index contributed by atoms with van der Waals surface area (Å²) in [5.74, 6) is -3.51. The van der Waals surface area contributed by atoms with Crippen molar-refractivity contribution in [3.8, 4) is 45.0 Å². The van der Waals surface area contributed by atoms with E-state index in [1.54, 1.807) is 132 Å². The number of thiophene rings is 4. The molecule has 0 fully saturated rings. The summed E-state index contributed by atoms with van der Waals surface area (Å²) in [4.78, 5) is 175. The smallest absolute Gasteiger partial charge is 0.413 e. The van der Waals surface area contributed by atoms with E-state index in [9.17, 15) is 57.8 Å². The summed E-state index contributed by atoms with van der Waals surface area (Å²) in [7, 11) is 0. The molecule has 0 bridgehead atoms. The molecule has 0 aliphatic rings. The summed E-state index contributed by atoms with van der Waals surface area (Å²) in [6, 6.07) is 43.3. The molecule has 20 aromatic rings. The number of ether oxygens (including phenoxy) is 4. The third-order valence-corrected chi connectivity index (χ3v) is 28.6. The molecule has 0 spiro atoms. The summed E-state index contributed by atoms with van der Waals surface area (Å²) in [6.07, 6.45) is 6.81. The van der Waals surface area contributed by atoms with Gasteiger partial charge < -0.3 is 67.0 Å². The molecule has 45 heteroatoms. The second-order valence-electron chi connectivity index (χ2n) is 33.7. The van der Waals surface area contributed by atoms with Gasteiger partial charge in [-0.1, -0.05) is 76.5 Å². The summed E-state index contributed by atoms with van der Waals surface area (Å²) >= 11 is 11.4. The molecule has 0 aliphatic carbocycles. The Morgan fingerprint density at radius 2 is 0.676 bits per heavy atom. The number of nitrogens with zero attached hydrogens (tertiary/aromatic N) is 12. The first-order valence-corrected chi connectivity index (χ1v) is 53.1. The van der Waals surface area contributed by atoms with Gasteiger partial charge in [0.15, 0.2) is 60.2 Å². The number of hydrogen-bond acceptors (Lipinski definition) is 33. The number of carbonyl (C=O) groups excluding carboxylic acids is 11. The normalized spacial score (nSPS) is 11.4. The third kappa shape index (κ3) is 23.6. The number of nitrogens with one attached hydrogen (secondary N) is 8. The molecule has 16 aromatic heterocycles. The molecular weight excluding hydrogens is 2040 g/mol. The Morgan fingerprint density at radius 1 is 0.378 bits per heavy atom. The van der Waals surface area contributed by atoms with Crippen molar-refractivity contribution >= 4 is 240 Å². The van der Waals surface area contributed by atoms with Crippen LogP contribution in [0.1, 0.15) is 174 Å². The molecule has 0 aliphatic heterocycles. The van der Waals surface area contributed by atoms with E-state index in [4.69, 9.17) is 29.7 Å². The highest BCUT2D eigenvalue weighted by Crippen LogP contribution is 2.37. The lowest BCUT2D eigenvalue weighted by Crippen LogP contribution is -2.37. The van der Waals surface area contributed by atoms with Crippen LogP contribution in [0.3, 0.4) is 0 Å². The van der Waals surface area contributed by atoms with E-state index in [-0.39, 0.29) is 98.8 Å². The van der Waals surface area contributed by atoms with Gasteiger partial charge in [-0.3, -0.25) is 56.5 Å². The molecule has 754 valence electrons. The zero-order chi connectivity index (χ0) is 104. The van der Waals surface area contributed by atoms with Crippen LogP contribution in [-0.4, -0.2) is 166 Å². The molecule has 0 unspecified atom stereocenters. The first-order chi connectivity index (χ1) is 71.5. The fraction of sp³-hybridized carbons (Fsp3) is 0.194. The Kier molecular flexibility index (Phi) is 32.1. The predicted octanol–water partition coefficient (Wildman–Crippen LogP) is 19.3. The number of aliphatic hydroxyl groups is 1. The van der Waals surface area contributed by atoms with Crippen molar-refractivity contribution in [2.75, 3.05) is 48.1 Å². The molecule has 11 N–H and O–H groups in total. The molecule has 1 atom stereocenters. The first-order valence-electron chi connectivity index (χ1n) is 46.1. The summed E-state index contributed by atoms with van der Waals surface area (Å²) in [6.45, 7) is 17.0. The lowest BCUT2D eigenvalue weighted by atomic mass is 10.1. The second kappa shape index (κ2) is 46.0. The molecule has 8 amide bonds. The molecule has 0 saturated heterocycles. The average Bonchev–Trinajstić information content (AvgIpc) is 1.62. The molecule has 4 aromatic carbocycles. The fourth-order valence-corrected chi connectivity index (χ4v) is 21.8. The van der Waals surface area contributed by atoms with Crippen molar-refractivity contribution in [1.29, 1.82) is 0 Å². The Hall–Kier alpha value is -16.3. The maximum atomic E-state index is 13.3. The van der Waals surface area contributed by atoms with Crippen LogP contribution in [0, 0.1) is 0 Å². The Bertz CT molecular complexity index is 8410. The maximum absolute atomic E-state index is 13.3. The van der Waals surface area contributed by atoms with Gasteiger partial charge >= 0.3 is 24.0 Å². The number of amides is 8. The highest BCUT2D eigenvalue weighted by atomic mass is 32.1. The van der Waals surface area contributed by atoms with E-state index < -0.39 is 35.6 Å². The maximum Gasteiger partial charge on any atom is 0.413 e. The minimum absolute atomic E-state index is 0.178. The molecule has 0 radical (unpaired) electrons. The standard InChI is InChI=1S/C28H27N5O5S2.C27H26N6O4S2.C25H21N5O4S2.C23H19N5O3S2/c1-5-37-25(35)22-21(17-10-12-39-15-17)31-23-18(7-6-11-33(22)23)24(34)29-14-16-8-9-19-20(13-16)40-26(30-19)32-27(36)38-28(2,3)4;1-3-18(13-34)30-26(37)23-22(17-8-10-38-14-17)32-24-19(5-4-9-33(23)24)25(36)28-12-16-6-7-20-21(11-16)39-27(31-20)29-15(2)35;1-3-34-24(33)21-20(16-8-10-35-13-16)29-22-17(5-4-9-30(21)22)23(32)26-12-15-6-7-18-19(11-15)36-25(28-18)27-14(2)31;1-2-31-22(30)19-18(14-7-9-32-12-14)27-20-15(4-3-8-28(19)20)21(29)25-11-13-5-6-16-17(10-13)33-23(24)26-16/h6-13,15H,5,14H2,1-4H3,(H,29,34)(H,30,32,36);4-11,14,18,34H,3,12-13H2,1-2H3,(H,28,36)(H,30,37)(H,29,31,35);4-11,13H,3,12H2,1-2H3,(H,26,32)(H,27,28,31);3-10,12H,2,11H2,1H3,(H2,24,26)(H,25,29)/t;18-;;/m.0../s1. The van der Waals surface area contributed by atoms with E-state index in [1.807, 2.05) is 147 Å². The number of benzene rings is 4. The minimum Gasteiger partial charge on any atom is -0.461 e. The van der Waals surface area contributed by atoms with Gasteiger partial charge in [0.1, 0.15) is 34.1 Å². The quantitative estimate of drug-likeness (QED) is 0.0154. The number of thiazole rings is 4. The molecule has 16 heterocycles. The van der Waals surface area contributed by atoms with E-state index in [1.165, 1.54) is 105 Å². The fourth-order valence-electron chi connectivity index (χ4n) is 15.6. The number of fused-ring (bicyclic) bond motifs is 8. The average molecular weight is 2140 g/mol. The van der Waals surface area contributed by atoms with Crippen molar-refractivity contribution in [1.82, 2.24) is 84.1 Å². The van der Waals surface area contributed by atoms with Crippen molar-refractivity contribution in [3.63, 3.8) is 0 Å². The number of rotatable bonds is 29. The lowest BCUT2D eigenvalue weighted by Gasteiger charge is -2.18. The first kappa shape index (κ1) is 103. The number of esters is 3. The van der Waals surface area contributed by atoms with Crippen molar-refractivity contribution in [2.24, 2.45) is 0 Å². The summed E-state index contributed by atoms with van der Waals surface area (Å²) < 4.78 is 31.2. The number of aromatic nitrogens is 12. The number of anilines is 4. The van der Waals surface area contributed by atoms with Crippen molar-refractivity contribution in [2.45, 2.75) is 107 Å². The van der Waals surface area contributed by atoms with Gasteiger partial charge in [0.25, 0.3) is 29.5 Å². The lowest BCUT2D eigenvalue weighted by molar-refractivity contribution is -0.115. The zero-order valence-corrected chi connectivity index (χ0v) is 87.0. The van der Waals surface area contributed by atoms with Gasteiger partial charge in [-0.15, -0.1) is 0 Å². The van der Waals surface area contributed by atoms with Crippen LogP contribution in [0.4, 0.5) is 25.3 Å². The van der Waals surface area contributed by atoms with Gasteiger partial charge in [-0.25, -0.2) is 59.0 Å². The van der Waals surface area contributed by atoms with E-state index in [2.05, 4.69) is 77.4 Å². The van der Waals surface area contributed by atoms with Crippen LogP contribution < -0.4 is 48.3 Å². The highest BCUT2D eigenvalue weighted by Gasteiger charge is 2.32. The van der Waals surface area contributed by atoms with Crippen molar-refractivity contribution < 1.29 is 76.8 Å². The number of carbonyl (C=O) groups is 11. The van der Waals surface area contributed by atoms with Crippen LogP contribution in [0.2, 0.25) is 0 Å². The Morgan fingerprint density at radius 3 is 0.959 bits per heavy atom. The SMILES string of the molecule is CCOC(=O)c1c(-c2ccsc2)nc2c(C(=O)NCc3ccc4nc(N)sc4c3)cccn12.CCOC(=O)c1c(-c2ccsc2)nc2c(C(=O)NCc3ccc4nc(NC(=O)OC(C)(C)C)sc4c3)cccn12.CCOC(=O)c1c(-c2ccsc2)nc2c(C(=O)NCc3ccc4nc(NC(C)=O)sc4c3)cccn12.CC[C@@H](CO)NC(=O)c1c(-c2ccsc2)nc2c(C(=O)NCc3ccc4nc(NC(C)=O)sc4c3)cccn12. The number of imidazole rings is 4. The highest BCUT2D eigenvalue weighted by molar-refractivity contribution is 7.23. The summed E-state index contributed by atoms with van der Waals surface area (Å²) in [5.41, 5.74) is 20.8. The molecular formula is C103H93N21O16S8. The molecule has 0 saturated carbocycles. The number of aliphatic hydroxyl groups excluding tert-OH is 1. The summed E-state index contributed by atoms with van der Waals surface area (Å²) in [5, 5.41) is 49.5. The van der Waals surface area contributed by atoms with Crippen LogP contribution in [0.5, 0.6) is 0 Å². The van der Waals surface area contributed by atoms with Gasteiger partial charge in [0, 0.05) is 109 Å². The number of nitrogen functional groups attached to an aromatic ring is 1. The third-order valence-electron chi connectivity index (χ3n) is 22.2. The topological polar surface area (TPSA) is 488 Å². The van der Waals surface area contributed by atoms with E-state index in [0.717, 1.165) is 85.4 Å². The largest absolute Gasteiger partial charge is 0.461 e. The molecule has 20 rings (SSSR count). The van der Waals surface area contributed by atoms with Gasteiger partial charge in [0.05, 0.1) is 95.6 Å². The van der Waals surface area contributed by atoms with Gasteiger partial charge in [-0.05, 0) is 213 Å². The Balaban J connectivity index is 0.000000135. The van der Waals surface area contributed by atoms with Crippen LogP contribution in [0.25, 0.3) is 108 Å². The van der Waals surface area contributed by atoms with E-state index >= 15 is 0 Å². The second-order valence-corrected chi connectivity index (χ2v) is 41.0.